The number of anilines is 1. The van der Waals surface area contributed by atoms with Gasteiger partial charge in [0.25, 0.3) is 5.91 Å². The topological polar surface area (TPSA) is 51.1 Å². The van der Waals surface area contributed by atoms with Gasteiger partial charge in [0.15, 0.2) is 11.5 Å². The van der Waals surface area contributed by atoms with Crippen LogP contribution < -0.4 is 14.5 Å². The zero-order valence-electron chi connectivity index (χ0n) is 20.6. The van der Waals surface area contributed by atoms with E-state index >= 15 is 0 Å². The summed E-state index contributed by atoms with van der Waals surface area (Å²) in [4.78, 5) is 13.6. The molecule has 0 saturated carbocycles. The standard InChI is InChI=1S/C31H24Cl2N2O3/c1-2-37-28-19-21(18-27(33)30(28)38-20-23-13-9-10-16-26(23)32)17-25-29(22-11-5-3-6-12-22)34-35(31(25)36)24-14-7-4-8-15-24/h3-19H,2,20H2,1H3/b25-17-. The van der Waals surface area contributed by atoms with E-state index in [2.05, 4.69) is 5.10 Å². The third-order valence-corrected chi connectivity index (χ3v) is 6.55. The van der Waals surface area contributed by atoms with Crippen molar-refractivity contribution < 1.29 is 14.3 Å². The molecular weight excluding hydrogens is 519 g/mol. The quantitative estimate of drug-likeness (QED) is 0.213. The third-order valence-electron chi connectivity index (χ3n) is 5.90. The van der Waals surface area contributed by atoms with Crippen LogP contribution >= 0.6 is 23.2 Å². The fraction of sp³-hybridized carbons (Fsp3) is 0.0968. The number of ether oxygens (including phenoxy) is 2. The molecule has 7 heteroatoms. The number of nitrogens with zero attached hydrogens (tertiary/aromatic N) is 2. The minimum absolute atomic E-state index is 0.231. The summed E-state index contributed by atoms with van der Waals surface area (Å²) in [7, 11) is 0. The van der Waals surface area contributed by atoms with Crippen molar-refractivity contribution in [1.29, 1.82) is 0 Å². The molecule has 4 aromatic rings. The second kappa shape index (κ2) is 11.5. The van der Waals surface area contributed by atoms with E-state index in [4.69, 9.17) is 32.7 Å². The molecule has 1 heterocycles. The molecule has 0 unspecified atom stereocenters. The Morgan fingerprint density at radius 1 is 0.842 bits per heavy atom. The van der Waals surface area contributed by atoms with Crippen LogP contribution in [0.25, 0.3) is 6.08 Å². The maximum absolute atomic E-state index is 13.6. The van der Waals surface area contributed by atoms with Crippen molar-refractivity contribution in [2.75, 3.05) is 11.6 Å². The fourth-order valence-corrected chi connectivity index (χ4v) is 4.57. The van der Waals surface area contributed by atoms with E-state index in [1.807, 2.05) is 97.9 Å². The predicted octanol–water partition coefficient (Wildman–Crippen LogP) is 7.81. The number of hydrazone groups is 1. The average molecular weight is 543 g/mol. The van der Waals surface area contributed by atoms with Gasteiger partial charge in [0.05, 0.1) is 22.9 Å². The van der Waals surface area contributed by atoms with Crippen molar-refractivity contribution in [1.82, 2.24) is 0 Å². The van der Waals surface area contributed by atoms with Gasteiger partial charge in [-0.1, -0.05) is 89.9 Å². The van der Waals surface area contributed by atoms with E-state index in [1.165, 1.54) is 5.01 Å². The summed E-state index contributed by atoms with van der Waals surface area (Å²) >= 11 is 13.0. The van der Waals surface area contributed by atoms with Crippen molar-refractivity contribution in [3.05, 3.63) is 129 Å². The van der Waals surface area contributed by atoms with Crippen LogP contribution in [0.3, 0.4) is 0 Å². The van der Waals surface area contributed by atoms with E-state index in [9.17, 15) is 4.79 Å². The Morgan fingerprint density at radius 3 is 2.24 bits per heavy atom. The van der Waals surface area contributed by atoms with Gasteiger partial charge in [-0.05, 0) is 48.9 Å². The van der Waals surface area contributed by atoms with Gasteiger partial charge in [-0.15, -0.1) is 0 Å². The van der Waals surface area contributed by atoms with Crippen LogP contribution in [0.2, 0.25) is 10.0 Å². The molecule has 0 saturated heterocycles. The largest absolute Gasteiger partial charge is 0.490 e. The highest BCUT2D eigenvalue weighted by molar-refractivity contribution is 6.37. The van der Waals surface area contributed by atoms with Crippen molar-refractivity contribution in [3.8, 4) is 11.5 Å². The highest BCUT2D eigenvalue weighted by Crippen LogP contribution is 2.39. The minimum Gasteiger partial charge on any atom is -0.490 e. The van der Waals surface area contributed by atoms with Gasteiger partial charge in [-0.25, -0.2) is 0 Å². The van der Waals surface area contributed by atoms with Crippen molar-refractivity contribution in [2.24, 2.45) is 5.10 Å². The molecule has 0 aromatic heterocycles. The normalized spacial score (nSPS) is 14.1. The highest BCUT2D eigenvalue weighted by atomic mass is 35.5. The lowest BCUT2D eigenvalue weighted by Gasteiger charge is -2.15. The summed E-state index contributed by atoms with van der Waals surface area (Å²) in [6, 6.07) is 30.0. The number of halogens is 2. The Balaban J connectivity index is 1.52. The molecule has 4 aromatic carbocycles. The molecule has 0 N–H and O–H groups in total. The molecule has 1 amide bonds. The minimum atomic E-state index is -0.233. The number of para-hydroxylation sites is 1. The third kappa shape index (κ3) is 5.44. The van der Waals surface area contributed by atoms with E-state index in [0.29, 0.717) is 50.7 Å². The Bertz CT molecular complexity index is 1520. The summed E-state index contributed by atoms with van der Waals surface area (Å²) in [5, 5.41) is 7.07. The first-order valence-corrected chi connectivity index (χ1v) is 12.9. The molecule has 0 bridgehead atoms. The summed E-state index contributed by atoms with van der Waals surface area (Å²) in [5.74, 6) is 0.654. The Labute approximate surface area is 231 Å². The number of benzene rings is 4. The van der Waals surface area contributed by atoms with Crippen LogP contribution in [0, 0.1) is 0 Å². The second-order valence-corrected chi connectivity index (χ2v) is 9.28. The van der Waals surface area contributed by atoms with E-state index in [1.54, 1.807) is 12.1 Å². The smallest absolute Gasteiger partial charge is 0.281 e. The van der Waals surface area contributed by atoms with Gasteiger partial charge in [-0.2, -0.15) is 10.1 Å². The number of carbonyl (C=O) groups is 1. The molecule has 1 aliphatic rings. The highest BCUT2D eigenvalue weighted by Gasteiger charge is 2.32. The zero-order chi connectivity index (χ0) is 26.5. The second-order valence-electron chi connectivity index (χ2n) is 8.47. The van der Waals surface area contributed by atoms with Crippen LogP contribution in [-0.4, -0.2) is 18.2 Å². The van der Waals surface area contributed by atoms with Crippen LogP contribution in [-0.2, 0) is 11.4 Å². The van der Waals surface area contributed by atoms with Crippen LogP contribution in [0.15, 0.2) is 108 Å². The number of amides is 1. The van der Waals surface area contributed by atoms with Crippen molar-refractivity contribution >= 4 is 46.6 Å². The van der Waals surface area contributed by atoms with Gasteiger partial charge < -0.3 is 9.47 Å². The maximum atomic E-state index is 13.6. The first kappa shape index (κ1) is 25.6. The Kier molecular flexibility index (Phi) is 7.78. The molecule has 38 heavy (non-hydrogen) atoms. The molecule has 5 rings (SSSR count). The molecule has 190 valence electrons. The predicted molar refractivity (Wildman–Crippen MR) is 153 cm³/mol. The lowest BCUT2D eigenvalue weighted by Crippen LogP contribution is -2.21. The number of rotatable bonds is 8. The SMILES string of the molecule is CCOc1cc(/C=C2\C(=O)N(c3ccccc3)N=C2c2ccccc2)cc(Cl)c1OCc1ccccc1Cl. The van der Waals surface area contributed by atoms with Crippen LogP contribution in [0.1, 0.15) is 23.6 Å². The van der Waals surface area contributed by atoms with Gasteiger partial charge in [0, 0.05) is 16.1 Å². The van der Waals surface area contributed by atoms with E-state index in [-0.39, 0.29) is 12.5 Å². The van der Waals surface area contributed by atoms with Gasteiger partial charge in [0.2, 0.25) is 0 Å². The monoisotopic (exact) mass is 542 g/mol. The summed E-state index contributed by atoms with van der Waals surface area (Å²) < 4.78 is 11.9. The van der Waals surface area contributed by atoms with E-state index < -0.39 is 0 Å². The lowest BCUT2D eigenvalue weighted by molar-refractivity contribution is -0.114. The zero-order valence-corrected chi connectivity index (χ0v) is 22.1. The fourth-order valence-electron chi connectivity index (χ4n) is 4.10. The van der Waals surface area contributed by atoms with Gasteiger partial charge >= 0.3 is 0 Å². The molecule has 0 aliphatic carbocycles. The Morgan fingerprint density at radius 2 is 1.53 bits per heavy atom. The molecule has 5 nitrogen and oxygen atoms in total. The molecule has 0 spiro atoms. The number of hydrogen-bond donors (Lipinski definition) is 0. The lowest BCUT2D eigenvalue weighted by atomic mass is 10.00. The van der Waals surface area contributed by atoms with Gasteiger partial charge in [-0.3, -0.25) is 4.79 Å². The van der Waals surface area contributed by atoms with Crippen molar-refractivity contribution in [3.63, 3.8) is 0 Å². The molecule has 0 atom stereocenters. The molecule has 0 radical (unpaired) electrons. The molecule has 1 aliphatic heterocycles. The van der Waals surface area contributed by atoms with Gasteiger partial charge in [0.1, 0.15) is 12.3 Å². The van der Waals surface area contributed by atoms with Crippen LogP contribution in [0.4, 0.5) is 5.69 Å². The first-order chi connectivity index (χ1) is 18.5. The van der Waals surface area contributed by atoms with Crippen LogP contribution in [0.5, 0.6) is 11.5 Å². The average Bonchev–Trinajstić information content (AvgIpc) is 3.26. The molecule has 0 fully saturated rings. The summed E-state index contributed by atoms with van der Waals surface area (Å²) in [6.07, 6.45) is 1.78. The summed E-state index contributed by atoms with van der Waals surface area (Å²) in [6.45, 7) is 2.53. The summed E-state index contributed by atoms with van der Waals surface area (Å²) in [5.41, 5.74) is 4.06. The first-order valence-electron chi connectivity index (χ1n) is 12.1. The Hall–Kier alpha value is -4.06. The number of hydrogen-bond acceptors (Lipinski definition) is 4. The maximum Gasteiger partial charge on any atom is 0.281 e. The molecular formula is C31H24Cl2N2O3. The van der Waals surface area contributed by atoms with E-state index in [0.717, 1.165) is 11.1 Å². The number of carbonyl (C=O) groups excluding carboxylic acids is 1. The van der Waals surface area contributed by atoms with Crippen molar-refractivity contribution in [2.45, 2.75) is 13.5 Å².